The quantitative estimate of drug-likeness (QED) is 0.802. The van der Waals surface area contributed by atoms with Crippen molar-refractivity contribution in [1.29, 1.82) is 0 Å². The van der Waals surface area contributed by atoms with Crippen LogP contribution in [0.4, 0.5) is 8.78 Å². The van der Waals surface area contributed by atoms with Crippen LogP contribution >= 0.6 is 12.2 Å². The van der Waals surface area contributed by atoms with Gasteiger partial charge in [-0.05, 0) is 29.9 Å². The summed E-state index contributed by atoms with van der Waals surface area (Å²) in [5.41, 5.74) is 0.633. The number of nitrogens with zero attached hydrogens (tertiary/aromatic N) is 2. The first-order chi connectivity index (χ1) is 8.65. The van der Waals surface area contributed by atoms with Crippen molar-refractivity contribution < 1.29 is 8.78 Å². The van der Waals surface area contributed by atoms with Gasteiger partial charge in [0.1, 0.15) is 17.5 Å². The summed E-state index contributed by atoms with van der Waals surface area (Å²) in [6.45, 7) is 0. The van der Waals surface area contributed by atoms with E-state index in [1.165, 1.54) is 12.1 Å². The van der Waals surface area contributed by atoms with E-state index in [-0.39, 0.29) is 17.4 Å². The van der Waals surface area contributed by atoms with Crippen LogP contribution in [0.1, 0.15) is 23.3 Å². The molecule has 0 radical (unpaired) electrons. The van der Waals surface area contributed by atoms with Gasteiger partial charge in [0.05, 0.1) is 6.04 Å². The second-order valence-electron chi connectivity index (χ2n) is 5.30. The molecule has 6 heteroatoms. The third kappa shape index (κ3) is 0.738. The molecule has 1 aromatic carbocycles. The zero-order valence-electron chi connectivity index (χ0n) is 9.02. The second-order valence-corrected chi connectivity index (χ2v) is 5.68. The van der Waals surface area contributed by atoms with Crippen LogP contribution in [0.15, 0.2) is 18.2 Å². The zero-order valence-corrected chi connectivity index (χ0v) is 9.84. The van der Waals surface area contributed by atoms with Gasteiger partial charge in [-0.25, -0.2) is 8.78 Å². The highest BCUT2D eigenvalue weighted by atomic mass is 32.1. The molecule has 2 aliphatic carbocycles. The molecule has 4 atom stereocenters. The Morgan fingerprint density at radius 3 is 2.67 bits per heavy atom. The molecule has 6 rings (SSSR count). The number of benzene rings is 1. The number of aromatic amines is 1. The molecule has 2 aliphatic heterocycles. The first kappa shape index (κ1) is 9.38. The van der Waals surface area contributed by atoms with Gasteiger partial charge < -0.3 is 0 Å². The van der Waals surface area contributed by atoms with Gasteiger partial charge in [-0.3, -0.25) is 9.67 Å². The monoisotopic (exact) mass is 263 g/mol. The Bertz CT molecular complexity index is 760. The van der Waals surface area contributed by atoms with E-state index in [4.69, 9.17) is 12.2 Å². The number of hydrogen-bond donors (Lipinski definition) is 1. The smallest absolute Gasteiger partial charge is 0.195 e. The van der Waals surface area contributed by atoms with Crippen molar-refractivity contribution in [2.24, 2.45) is 5.92 Å². The molecule has 2 saturated carbocycles. The highest BCUT2D eigenvalue weighted by Gasteiger charge is 2.93. The summed E-state index contributed by atoms with van der Waals surface area (Å²) in [5.74, 6) is 0.645. The number of hydrogen-bond acceptors (Lipinski definition) is 2. The minimum atomic E-state index is -0.515. The minimum absolute atomic E-state index is 0.117. The molecular weight excluding hydrogens is 256 g/mol. The summed E-state index contributed by atoms with van der Waals surface area (Å²) >= 11 is 5.18. The third-order valence-electron chi connectivity index (χ3n) is 4.69. The topological polar surface area (TPSA) is 33.6 Å². The average Bonchev–Trinajstić information content (AvgIpc) is 2.98. The Kier molecular flexibility index (Phi) is 1.26. The molecule has 90 valence electrons. The fraction of sp³-hybridized carbons (Fsp3) is 0.333. The maximum absolute atomic E-state index is 13.3. The molecule has 18 heavy (non-hydrogen) atoms. The maximum atomic E-state index is 13.3. The van der Waals surface area contributed by atoms with Crippen LogP contribution in [0.5, 0.6) is 0 Å². The van der Waals surface area contributed by atoms with E-state index in [1.807, 2.05) is 4.57 Å². The van der Waals surface area contributed by atoms with Crippen molar-refractivity contribution in [3.63, 3.8) is 0 Å². The Labute approximate surface area is 105 Å². The molecule has 3 heterocycles. The van der Waals surface area contributed by atoms with Crippen LogP contribution < -0.4 is 0 Å². The predicted molar refractivity (Wildman–Crippen MR) is 60.7 cm³/mol. The van der Waals surface area contributed by atoms with Crippen LogP contribution in [0.25, 0.3) is 0 Å². The lowest BCUT2D eigenvalue weighted by atomic mass is 9.97. The van der Waals surface area contributed by atoms with Gasteiger partial charge in [-0.1, -0.05) is 0 Å². The summed E-state index contributed by atoms with van der Waals surface area (Å²) in [6, 6.07) is 4.04. The molecular formula is C12H7F2N3S. The largest absolute Gasteiger partial charge is 0.299 e. The van der Waals surface area contributed by atoms with Crippen LogP contribution in [0.2, 0.25) is 0 Å². The molecule has 1 N–H and O–H groups in total. The second kappa shape index (κ2) is 2.42. The Morgan fingerprint density at radius 2 is 2.00 bits per heavy atom. The van der Waals surface area contributed by atoms with Gasteiger partial charge in [0, 0.05) is 23.3 Å². The van der Waals surface area contributed by atoms with E-state index in [0.29, 0.717) is 10.7 Å². The first-order valence-electron chi connectivity index (χ1n) is 5.79. The highest BCUT2D eigenvalue weighted by molar-refractivity contribution is 7.71. The van der Waals surface area contributed by atoms with Crippen molar-refractivity contribution in [3.05, 3.63) is 46.0 Å². The van der Waals surface area contributed by atoms with Gasteiger partial charge >= 0.3 is 0 Å². The lowest BCUT2D eigenvalue weighted by molar-refractivity contribution is 0.562. The molecule has 1 aromatic heterocycles. The summed E-state index contributed by atoms with van der Waals surface area (Å²) in [5, 5.41) is 6.99. The van der Waals surface area contributed by atoms with Gasteiger partial charge in [0.25, 0.3) is 0 Å². The van der Waals surface area contributed by atoms with E-state index in [2.05, 4.69) is 10.2 Å². The van der Waals surface area contributed by atoms with Crippen LogP contribution in [0, 0.1) is 22.3 Å². The summed E-state index contributed by atoms with van der Waals surface area (Å²) in [4.78, 5) is 0. The van der Waals surface area contributed by atoms with Crippen molar-refractivity contribution in [2.75, 3.05) is 0 Å². The zero-order chi connectivity index (χ0) is 12.2. The van der Waals surface area contributed by atoms with E-state index < -0.39 is 11.6 Å². The molecule has 0 saturated heterocycles. The normalized spacial score (nSPS) is 37.3. The first-order valence-corrected chi connectivity index (χ1v) is 6.20. The average molecular weight is 263 g/mol. The van der Waals surface area contributed by atoms with Gasteiger partial charge in [0.2, 0.25) is 0 Å². The van der Waals surface area contributed by atoms with E-state index in [0.717, 1.165) is 17.5 Å². The van der Waals surface area contributed by atoms with Crippen molar-refractivity contribution in [1.82, 2.24) is 14.8 Å². The molecule has 0 spiro atoms. The van der Waals surface area contributed by atoms with Crippen LogP contribution in [-0.2, 0) is 5.41 Å². The lowest BCUT2D eigenvalue weighted by Gasteiger charge is -2.09. The Hall–Kier alpha value is -1.56. The number of halogens is 2. The number of rotatable bonds is 1. The molecule has 2 unspecified atom stereocenters. The number of H-pyrrole nitrogens is 1. The van der Waals surface area contributed by atoms with Crippen LogP contribution in [-0.4, -0.2) is 14.8 Å². The van der Waals surface area contributed by atoms with Crippen molar-refractivity contribution in [2.45, 2.75) is 17.4 Å². The number of nitrogens with one attached hydrogen (secondary N) is 1. The fourth-order valence-electron chi connectivity index (χ4n) is 4.00. The standard InChI is InChI=1S/C12H7F2N3S/c13-5-1-4(2-6(14)3-5)12-7-8(12)10-15-16-11(18)17(10)9(7)12/h1-3,7-9H,(H,16,18)/t7?,8-,9?,12-/m0/s1. The molecule has 0 amide bonds. The molecule has 4 aliphatic rings. The highest BCUT2D eigenvalue weighted by Crippen LogP contribution is 2.93. The summed E-state index contributed by atoms with van der Waals surface area (Å²) in [7, 11) is 0. The van der Waals surface area contributed by atoms with Gasteiger partial charge in [-0.2, -0.15) is 5.10 Å². The third-order valence-corrected chi connectivity index (χ3v) is 4.98. The Balaban J connectivity index is 1.69. The van der Waals surface area contributed by atoms with Gasteiger partial charge in [-0.15, -0.1) is 0 Å². The van der Waals surface area contributed by atoms with E-state index in [9.17, 15) is 8.78 Å². The van der Waals surface area contributed by atoms with Crippen molar-refractivity contribution >= 4 is 12.2 Å². The summed E-state index contributed by atoms with van der Waals surface area (Å²) in [6.07, 6.45) is 0. The fourth-order valence-corrected chi connectivity index (χ4v) is 4.25. The van der Waals surface area contributed by atoms with E-state index >= 15 is 0 Å². The molecule has 2 fully saturated rings. The lowest BCUT2D eigenvalue weighted by Crippen LogP contribution is -2.06. The van der Waals surface area contributed by atoms with E-state index in [1.54, 1.807) is 0 Å². The SMILES string of the molecule is Fc1cc(F)cc([C@@]23C4C2n2c(n[nH]c2=S)[C@H]43)c1. The molecule has 3 nitrogen and oxygen atoms in total. The Morgan fingerprint density at radius 1 is 1.28 bits per heavy atom. The number of aromatic nitrogens is 3. The summed E-state index contributed by atoms with van der Waals surface area (Å²) < 4.78 is 29.3. The van der Waals surface area contributed by atoms with Crippen molar-refractivity contribution in [3.8, 4) is 0 Å². The van der Waals surface area contributed by atoms with Gasteiger partial charge in [0.15, 0.2) is 4.77 Å². The maximum Gasteiger partial charge on any atom is 0.195 e. The van der Waals surface area contributed by atoms with Crippen LogP contribution in [0.3, 0.4) is 0 Å². The predicted octanol–water partition coefficient (Wildman–Crippen LogP) is 2.44. The minimum Gasteiger partial charge on any atom is -0.299 e. The molecule has 2 aromatic rings. The molecule has 2 bridgehead atoms.